The van der Waals surface area contributed by atoms with Crippen molar-refractivity contribution < 1.29 is 4.57 Å². The molecular formula is C52H35OP. The van der Waals surface area contributed by atoms with Crippen LogP contribution < -0.4 is 15.9 Å². The fourth-order valence-electron chi connectivity index (χ4n) is 8.47. The van der Waals surface area contributed by atoms with E-state index in [2.05, 4.69) is 140 Å². The van der Waals surface area contributed by atoms with E-state index in [1.54, 1.807) is 0 Å². The topological polar surface area (TPSA) is 17.1 Å². The van der Waals surface area contributed by atoms with Crippen molar-refractivity contribution in [3.05, 3.63) is 212 Å². The minimum absolute atomic E-state index is 0.829. The summed E-state index contributed by atoms with van der Waals surface area (Å²) in [4.78, 5) is 0. The number of benzene rings is 10. The lowest BCUT2D eigenvalue weighted by Gasteiger charge is -2.21. The second kappa shape index (κ2) is 13.2. The summed E-state index contributed by atoms with van der Waals surface area (Å²) in [6.45, 7) is 0. The van der Waals surface area contributed by atoms with Crippen LogP contribution in [0.15, 0.2) is 212 Å². The van der Waals surface area contributed by atoms with Crippen molar-refractivity contribution in [3.8, 4) is 33.4 Å². The van der Waals surface area contributed by atoms with E-state index in [9.17, 15) is 4.57 Å². The van der Waals surface area contributed by atoms with Gasteiger partial charge >= 0.3 is 0 Å². The lowest BCUT2D eigenvalue weighted by molar-refractivity contribution is 0.592. The van der Waals surface area contributed by atoms with E-state index in [1.807, 2.05) is 72.8 Å². The molecule has 0 amide bonds. The van der Waals surface area contributed by atoms with Gasteiger partial charge in [0.1, 0.15) is 0 Å². The Kier molecular flexibility index (Phi) is 7.83. The summed E-state index contributed by atoms with van der Waals surface area (Å²) in [6, 6.07) is 74.5. The molecule has 0 spiro atoms. The third-order valence-corrected chi connectivity index (χ3v) is 14.0. The first kappa shape index (κ1) is 32.1. The molecule has 0 unspecified atom stereocenters. The van der Waals surface area contributed by atoms with Gasteiger partial charge in [0.15, 0.2) is 7.14 Å². The SMILES string of the molecule is O=P(c1ccccc1)(c1ccccc1)c1ccc(-c2ccc(-c3c4ccccc4c(-c4ccccc4)c4c5ccccc5c5ccccc5c34)cc2)cc1. The van der Waals surface area contributed by atoms with Crippen LogP contribution in [0.25, 0.3) is 76.5 Å². The second-order valence-corrected chi connectivity index (χ2v) is 16.7. The summed E-state index contributed by atoms with van der Waals surface area (Å²) in [5.74, 6) is 0. The van der Waals surface area contributed by atoms with Crippen molar-refractivity contribution in [1.82, 2.24) is 0 Å². The maximum absolute atomic E-state index is 15.0. The maximum atomic E-state index is 15.0. The Labute approximate surface area is 315 Å². The van der Waals surface area contributed by atoms with Crippen molar-refractivity contribution in [2.24, 2.45) is 0 Å². The number of hydrogen-bond donors (Lipinski definition) is 0. The first-order valence-electron chi connectivity index (χ1n) is 18.5. The molecule has 10 rings (SSSR count). The Morgan fingerprint density at radius 3 is 0.981 bits per heavy atom. The zero-order valence-electron chi connectivity index (χ0n) is 29.6. The van der Waals surface area contributed by atoms with Crippen LogP contribution in [0.2, 0.25) is 0 Å². The molecular weight excluding hydrogens is 672 g/mol. The van der Waals surface area contributed by atoms with E-state index in [-0.39, 0.29) is 0 Å². The highest BCUT2D eigenvalue weighted by atomic mass is 31.2. The quantitative estimate of drug-likeness (QED) is 0.0956. The lowest BCUT2D eigenvalue weighted by Crippen LogP contribution is -2.24. The molecule has 10 aromatic rings. The Morgan fingerprint density at radius 1 is 0.241 bits per heavy atom. The molecule has 10 aromatic carbocycles. The molecule has 2 heteroatoms. The van der Waals surface area contributed by atoms with Crippen LogP contribution in [-0.4, -0.2) is 0 Å². The van der Waals surface area contributed by atoms with Gasteiger partial charge in [0.05, 0.1) is 0 Å². The third-order valence-electron chi connectivity index (χ3n) is 10.9. The van der Waals surface area contributed by atoms with Gasteiger partial charge in [0.25, 0.3) is 0 Å². The molecule has 54 heavy (non-hydrogen) atoms. The van der Waals surface area contributed by atoms with Gasteiger partial charge in [0.2, 0.25) is 0 Å². The highest BCUT2D eigenvalue weighted by Gasteiger charge is 2.29. The molecule has 1 nitrogen and oxygen atoms in total. The summed E-state index contributed by atoms with van der Waals surface area (Å²) in [7, 11) is -3.05. The zero-order valence-corrected chi connectivity index (χ0v) is 30.5. The number of fused-ring (bicyclic) bond motifs is 7. The first-order valence-corrected chi connectivity index (χ1v) is 20.2. The van der Waals surface area contributed by atoms with E-state index in [1.165, 1.54) is 65.3 Å². The van der Waals surface area contributed by atoms with E-state index >= 15 is 0 Å². The monoisotopic (exact) mass is 706 g/mol. The minimum atomic E-state index is -3.05. The van der Waals surface area contributed by atoms with Crippen LogP contribution >= 0.6 is 7.14 Å². The highest BCUT2D eigenvalue weighted by Crippen LogP contribution is 2.49. The van der Waals surface area contributed by atoms with Crippen LogP contribution in [-0.2, 0) is 4.57 Å². The molecule has 0 aliphatic carbocycles. The maximum Gasteiger partial charge on any atom is 0.171 e. The minimum Gasteiger partial charge on any atom is -0.309 e. The normalized spacial score (nSPS) is 11.8. The van der Waals surface area contributed by atoms with E-state index in [0.29, 0.717) is 0 Å². The lowest BCUT2D eigenvalue weighted by atomic mass is 9.81. The molecule has 0 N–H and O–H groups in total. The van der Waals surface area contributed by atoms with Gasteiger partial charge < -0.3 is 4.57 Å². The molecule has 0 heterocycles. The van der Waals surface area contributed by atoms with Crippen molar-refractivity contribution in [2.45, 2.75) is 0 Å². The molecule has 0 fully saturated rings. The standard InChI is InChI=1S/C52H35OP/c53-54(40-18-6-2-7-19-40,41-20-8-3-9-21-41)42-34-32-37(33-35-42)36-28-30-39(31-29-36)50-48-27-15-14-26-47(48)49(38-16-4-1-5-17-38)51-45-24-12-10-22-43(45)44-23-11-13-25-46(44)52(50)51/h1-35H. The average molecular weight is 707 g/mol. The Morgan fingerprint density at radius 2 is 0.537 bits per heavy atom. The molecule has 254 valence electrons. The zero-order chi connectivity index (χ0) is 36.1. The average Bonchev–Trinajstić information content (AvgIpc) is 3.26. The summed E-state index contributed by atoms with van der Waals surface area (Å²) in [5, 5.41) is 12.6. The van der Waals surface area contributed by atoms with Crippen molar-refractivity contribution in [2.75, 3.05) is 0 Å². The van der Waals surface area contributed by atoms with Gasteiger partial charge in [-0.05, 0) is 76.5 Å². The molecule has 0 saturated carbocycles. The Bertz CT molecular complexity index is 2980. The fourth-order valence-corrected chi connectivity index (χ4v) is 11.1. The smallest absolute Gasteiger partial charge is 0.171 e. The van der Waals surface area contributed by atoms with Crippen LogP contribution in [0, 0.1) is 0 Å². The van der Waals surface area contributed by atoms with Crippen LogP contribution in [0.4, 0.5) is 0 Å². The van der Waals surface area contributed by atoms with E-state index in [0.717, 1.165) is 27.0 Å². The Hall–Kier alpha value is -6.53. The van der Waals surface area contributed by atoms with Crippen LogP contribution in [0.5, 0.6) is 0 Å². The van der Waals surface area contributed by atoms with Crippen molar-refractivity contribution in [1.29, 1.82) is 0 Å². The molecule has 0 saturated heterocycles. The van der Waals surface area contributed by atoms with Gasteiger partial charge in [-0.2, -0.15) is 0 Å². The molecule has 0 aliphatic heterocycles. The molecule has 0 aromatic heterocycles. The van der Waals surface area contributed by atoms with E-state index < -0.39 is 7.14 Å². The van der Waals surface area contributed by atoms with Crippen LogP contribution in [0.3, 0.4) is 0 Å². The predicted molar refractivity (Wildman–Crippen MR) is 232 cm³/mol. The molecule has 0 atom stereocenters. The number of rotatable bonds is 6. The van der Waals surface area contributed by atoms with E-state index in [4.69, 9.17) is 0 Å². The van der Waals surface area contributed by atoms with Gasteiger partial charge in [-0.3, -0.25) is 0 Å². The largest absolute Gasteiger partial charge is 0.309 e. The summed E-state index contributed by atoms with van der Waals surface area (Å²) in [5.41, 5.74) is 7.11. The molecule has 0 bridgehead atoms. The van der Waals surface area contributed by atoms with Crippen molar-refractivity contribution in [3.63, 3.8) is 0 Å². The summed E-state index contributed by atoms with van der Waals surface area (Å²) < 4.78 is 15.0. The summed E-state index contributed by atoms with van der Waals surface area (Å²) >= 11 is 0. The molecule has 0 aliphatic rings. The Balaban J connectivity index is 1.17. The van der Waals surface area contributed by atoms with Crippen LogP contribution in [0.1, 0.15) is 0 Å². The highest BCUT2D eigenvalue weighted by molar-refractivity contribution is 7.85. The predicted octanol–water partition coefficient (Wildman–Crippen LogP) is 12.9. The fraction of sp³-hybridized carbons (Fsp3) is 0. The van der Waals surface area contributed by atoms with Gasteiger partial charge in [-0.15, -0.1) is 0 Å². The van der Waals surface area contributed by atoms with Gasteiger partial charge in [0, 0.05) is 15.9 Å². The first-order chi connectivity index (χ1) is 26.7. The molecule has 0 radical (unpaired) electrons. The van der Waals surface area contributed by atoms with Crippen molar-refractivity contribution >= 4 is 66.1 Å². The van der Waals surface area contributed by atoms with Gasteiger partial charge in [-0.25, -0.2) is 0 Å². The second-order valence-electron chi connectivity index (χ2n) is 13.9. The third kappa shape index (κ3) is 5.12. The number of hydrogen-bond acceptors (Lipinski definition) is 1. The summed E-state index contributed by atoms with van der Waals surface area (Å²) in [6.07, 6.45) is 0. The van der Waals surface area contributed by atoms with Gasteiger partial charge in [-0.1, -0.05) is 212 Å².